The van der Waals surface area contributed by atoms with Crippen LogP contribution < -0.4 is 0 Å². The first-order chi connectivity index (χ1) is 13.2. The van der Waals surface area contributed by atoms with Gasteiger partial charge in [-0.15, -0.1) is 0 Å². The van der Waals surface area contributed by atoms with Gasteiger partial charge < -0.3 is 0 Å². The molecule has 0 aromatic heterocycles. The molecule has 0 aliphatic heterocycles. The Bertz CT molecular complexity index is 1270. The Morgan fingerprint density at radius 1 is 0.467 bits per heavy atom. The fraction of sp³-hybridized carbons (Fsp3) is 0. The van der Waals surface area contributed by atoms with Crippen molar-refractivity contribution in [1.29, 1.82) is 0 Å². The smallest absolute Gasteiger partial charge is 0.282 e. The zero-order valence-corrected chi connectivity index (χ0v) is 21.3. The lowest BCUT2D eigenvalue weighted by Gasteiger charge is -2.13. The lowest BCUT2D eigenvalue weighted by atomic mass is 10.1. The van der Waals surface area contributed by atoms with E-state index in [0.717, 1.165) is 0 Å². The molecule has 2 aromatic carbocycles. The van der Waals surface area contributed by atoms with Gasteiger partial charge in [-0.1, -0.05) is 0 Å². The van der Waals surface area contributed by atoms with Crippen LogP contribution in [0.2, 0.25) is 0 Å². The van der Waals surface area contributed by atoms with E-state index >= 15 is 0 Å². The van der Waals surface area contributed by atoms with Crippen LogP contribution in [-0.2, 0) is 40.5 Å². The molecule has 0 bridgehead atoms. The fourth-order valence-corrected chi connectivity index (χ4v) is 8.77. The van der Waals surface area contributed by atoms with Gasteiger partial charge in [-0.25, -0.2) is 0 Å². The predicted molar refractivity (Wildman–Crippen MR) is 117 cm³/mol. The highest BCUT2D eigenvalue weighted by Gasteiger charge is 2.28. The molecule has 0 radical (unpaired) electrons. The van der Waals surface area contributed by atoms with Crippen molar-refractivity contribution in [1.82, 2.24) is 0 Å². The van der Waals surface area contributed by atoms with E-state index in [1.807, 2.05) is 0 Å². The fourth-order valence-electron chi connectivity index (χ4n) is 2.23. The standard InChI is InChI=1S/C12H8I2O12S4/c13-11-7(27(15,16)17)1-5(2-8(11)28(18,19)20)6-3-9(29(21,22)23)12(14)10(4-6)30(24,25)26/h1-4H,(H,15,16,17)(H,18,19,20)(H,21,22,23)(H,24,25,26). The summed E-state index contributed by atoms with van der Waals surface area (Å²) in [4.78, 5) is -3.97. The third-order valence-electron chi connectivity index (χ3n) is 3.46. The maximum atomic E-state index is 11.6. The highest BCUT2D eigenvalue weighted by Crippen LogP contribution is 2.36. The minimum Gasteiger partial charge on any atom is -0.282 e. The van der Waals surface area contributed by atoms with Crippen molar-refractivity contribution >= 4 is 85.7 Å². The van der Waals surface area contributed by atoms with Crippen molar-refractivity contribution in [2.24, 2.45) is 0 Å². The van der Waals surface area contributed by atoms with Crippen LogP contribution in [0.3, 0.4) is 0 Å². The largest absolute Gasteiger partial charge is 0.295 e. The Morgan fingerprint density at radius 3 is 0.767 bits per heavy atom. The molecule has 2 aromatic rings. The van der Waals surface area contributed by atoms with Crippen LogP contribution in [0.15, 0.2) is 43.8 Å². The van der Waals surface area contributed by atoms with E-state index in [4.69, 9.17) is 0 Å². The van der Waals surface area contributed by atoms with Crippen LogP contribution in [0, 0.1) is 7.14 Å². The molecule has 0 heterocycles. The first kappa shape index (κ1) is 25.8. The van der Waals surface area contributed by atoms with E-state index in [2.05, 4.69) is 0 Å². The van der Waals surface area contributed by atoms with Crippen LogP contribution in [0.25, 0.3) is 11.1 Å². The third kappa shape index (κ3) is 5.47. The molecule has 2 rings (SSSR count). The van der Waals surface area contributed by atoms with Crippen molar-refractivity contribution in [2.45, 2.75) is 19.6 Å². The third-order valence-corrected chi connectivity index (χ3v) is 10.8. The average molecular weight is 726 g/mol. The van der Waals surface area contributed by atoms with E-state index in [1.54, 1.807) is 0 Å². The maximum Gasteiger partial charge on any atom is 0.295 e. The predicted octanol–water partition coefficient (Wildman–Crippen LogP) is 1.55. The van der Waals surface area contributed by atoms with Crippen LogP contribution in [0.1, 0.15) is 0 Å². The van der Waals surface area contributed by atoms with Gasteiger partial charge >= 0.3 is 0 Å². The summed E-state index contributed by atoms with van der Waals surface area (Å²) in [5.74, 6) is 0. The molecule has 0 unspecified atom stereocenters. The van der Waals surface area contributed by atoms with Crippen molar-refractivity contribution < 1.29 is 51.9 Å². The molecular formula is C12H8I2O12S4. The van der Waals surface area contributed by atoms with Gasteiger partial charge in [-0.05, 0) is 80.6 Å². The molecule has 0 saturated carbocycles. The van der Waals surface area contributed by atoms with E-state index in [9.17, 15) is 51.9 Å². The molecular weight excluding hydrogens is 718 g/mol. The van der Waals surface area contributed by atoms with Gasteiger partial charge in [0.25, 0.3) is 40.5 Å². The van der Waals surface area contributed by atoms with E-state index in [-0.39, 0.29) is 0 Å². The van der Waals surface area contributed by atoms with Crippen molar-refractivity contribution in [3.05, 3.63) is 31.4 Å². The quantitative estimate of drug-likeness (QED) is 0.255. The summed E-state index contributed by atoms with van der Waals surface area (Å²) in [6.07, 6.45) is 0. The van der Waals surface area contributed by atoms with Gasteiger partial charge in [0.05, 0.1) is 7.14 Å². The number of benzene rings is 2. The molecule has 0 amide bonds. The van der Waals surface area contributed by atoms with E-state index < -0.39 is 78.3 Å². The summed E-state index contributed by atoms with van der Waals surface area (Å²) in [6, 6.07) is 2.70. The Hall–Kier alpha value is -0.460. The molecule has 4 N–H and O–H groups in total. The summed E-state index contributed by atoms with van der Waals surface area (Å²) in [5, 5.41) is 0. The highest BCUT2D eigenvalue weighted by molar-refractivity contribution is 14.1. The van der Waals surface area contributed by atoms with E-state index in [1.165, 1.54) is 45.2 Å². The topological polar surface area (TPSA) is 217 Å². The van der Waals surface area contributed by atoms with Gasteiger partial charge in [0, 0.05) is 0 Å². The normalized spacial score (nSPS) is 13.4. The van der Waals surface area contributed by atoms with Crippen molar-refractivity contribution in [3.63, 3.8) is 0 Å². The minimum atomic E-state index is -5.05. The Labute approximate surface area is 198 Å². The zero-order valence-electron chi connectivity index (χ0n) is 13.8. The molecule has 0 fully saturated rings. The SMILES string of the molecule is O=S(=O)(O)c1cc(-c2cc(S(=O)(=O)O)c(I)c(S(=O)(=O)O)c2)cc(S(=O)(=O)O)c1I. The number of rotatable bonds is 5. The average Bonchev–Trinajstić information content (AvgIpc) is 2.50. The van der Waals surface area contributed by atoms with Crippen LogP contribution in [0.4, 0.5) is 0 Å². The molecule has 0 saturated heterocycles. The number of hydrogen-bond acceptors (Lipinski definition) is 8. The van der Waals surface area contributed by atoms with Gasteiger partial charge in [0.1, 0.15) is 19.6 Å². The van der Waals surface area contributed by atoms with Gasteiger partial charge in [-0.2, -0.15) is 33.7 Å². The monoisotopic (exact) mass is 726 g/mol. The summed E-state index contributed by atoms with van der Waals surface area (Å²) in [6.45, 7) is 0. The van der Waals surface area contributed by atoms with Gasteiger partial charge in [0.15, 0.2) is 0 Å². The number of halogens is 2. The minimum absolute atomic E-state index is 0.484. The summed E-state index contributed by atoms with van der Waals surface area (Å²) in [7, 11) is -20.2. The highest BCUT2D eigenvalue weighted by atomic mass is 127. The Morgan fingerprint density at radius 2 is 0.633 bits per heavy atom. The lowest BCUT2D eigenvalue weighted by molar-refractivity contribution is 0.475. The maximum absolute atomic E-state index is 11.6. The molecule has 166 valence electrons. The second-order valence-electron chi connectivity index (χ2n) is 5.47. The van der Waals surface area contributed by atoms with Crippen LogP contribution in [-0.4, -0.2) is 51.9 Å². The molecule has 0 aliphatic rings. The van der Waals surface area contributed by atoms with Crippen LogP contribution in [0.5, 0.6) is 0 Å². The first-order valence-electron chi connectivity index (χ1n) is 6.82. The van der Waals surface area contributed by atoms with E-state index in [0.29, 0.717) is 24.3 Å². The molecule has 30 heavy (non-hydrogen) atoms. The second kappa shape index (κ2) is 8.15. The van der Waals surface area contributed by atoms with Gasteiger partial charge in [0.2, 0.25) is 0 Å². The Kier molecular flexibility index (Phi) is 7.01. The molecule has 0 spiro atoms. The first-order valence-corrected chi connectivity index (χ1v) is 14.7. The molecule has 12 nitrogen and oxygen atoms in total. The van der Waals surface area contributed by atoms with Crippen molar-refractivity contribution in [3.8, 4) is 11.1 Å². The van der Waals surface area contributed by atoms with Gasteiger partial charge in [-0.3, -0.25) is 18.2 Å². The zero-order chi connectivity index (χ0) is 23.4. The Balaban J connectivity index is 3.12. The molecule has 0 aliphatic carbocycles. The summed E-state index contributed by atoms with van der Waals surface area (Å²) < 4.78 is 129. The number of hydrogen-bond donors (Lipinski definition) is 4. The summed E-state index contributed by atoms with van der Waals surface area (Å²) in [5.41, 5.74) is -0.969. The lowest BCUT2D eigenvalue weighted by Crippen LogP contribution is -2.10. The van der Waals surface area contributed by atoms with Crippen molar-refractivity contribution in [2.75, 3.05) is 0 Å². The molecule has 0 atom stereocenters. The van der Waals surface area contributed by atoms with Crippen LogP contribution >= 0.6 is 45.2 Å². The second-order valence-corrected chi connectivity index (χ2v) is 13.2. The summed E-state index contributed by atoms with van der Waals surface area (Å²) >= 11 is 2.44. The molecule has 18 heteroatoms.